The molecule has 0 aliphatic carbocycles. The molecule has 0 bridgehead atoms. The molecule has 1 fully saturated rings. The van der Waals surface area contributed by atoms with Crippen molar-refractivity contribution in [3.63, 3.8) is 0 Å². The van der Waals surface area contributed by atoms with E-state index in [2.05, 4.69) is 55.4 Å². The van der Waals surface area contributed by atoms with Crippen molar-refractivity contribution in [2.24, 2.45) is 23.7 Å². The third-order valence-corrected chi connectivity index (χ3v) is 13.3. The molecular formula is C34H70O6Si. The van der Waals surface area contributed by atoms with Crippen molar-refractivity contribution in [2.75, 3.05) is 34.5 Å². The molecule has 1 heterocycles. The summed E-state index contributed by atoms with van der Waals surface area (Å²) in [6.07, 6.45) is 16.1. The Morgan fingerprint density at radius 3 is 1.76 bits per heavy atom. The Labute approximate surface area is 256 Å². The number of epoxide rings is 1. The fourth-order valence-electron chi connectivity index (χ4n) is 7.14. The van der Waals surface area contributed by atoms with Crippen molar-refractivity contribution in [1.82, 2.24) is 0 Å². The van der Waals surface area contributed by atoms with Gasteiger partial charge >= 0.3 is 8.80 Å². The summed E-state index contributed by atoms with van der Waals surface area (Å²) in [5.41, 5.74) is 0.00470. The molecule has 1 saturated heterocycles. The van der Waals surface area contributed by atoms with Crippen LogP contribution in [0.4, 0.5) is 0 Å². The van der Waals surface area contributed by atoms with E-state index < -0.39 is 14.6 Å². The summed E-state index contributed by atoms with van der Waals surface area (Å²) in [5, 5.41) is 0. The van der Waals surface area contributed by atoms with E-state index in [1.807, 2.05) is 0 Å². The quantitative estimate of drug-likeness (QED) is 0.0404. The van der Waals surface area contributed by atoms with Crippen LogP contribution in [0.3, 0.4) is 0 Å². The smallest absolute Gasteiger partial charge is 0.377 e. The summed E-state index contributed by atoms with van der Waals surface area (Å²) in [5.74, 6) is 1.05. The first kappa shape index (κ1) is 39.0. The van der Waals surface area contributed by atoms with Gasteiger partial charge < -0.3 is 27.5 Å². The molecule has 0 radical (unpaired) electrons. The second kappa shape index (κ2) is 20.8. The van der Waals surface area contributed by atoms with Gasteiger partial charge in [0.1, 0.15) is 6.10 Å². The fourth-order valence-corrected chi connectivity index (χ4v) is 9.72. The Hall–Kier alpha value is -0.0231. The number of hydrogen-bond acceptors (Lipinski definition) is 6. The average Bonchev–Trinajstić information content (AvgIpc) is 3.80. The van der Waals surface area contributed by atoms with Crippen LogP contribution in [0.1, 0.15) is 139 Å². The van der Waals surface area contributed by atoms with E-state index in [1.165, 1.54) is 70.6 Å². The predicted molar refractivity (Wildman–Crippen MR) is 173 cm³/mol. The lowest BCUT2D eigenvalue weighted by Gasteiger charge is -2.47. The Morgan fingerprint density at radius 1 is 0.780 bits per heavy atom. The third kappa shape index (κ3) is 12.5. The van der Waals surface area contributed by atoms with E-state index in [0.717, 1.165) is 25.4 Å². The van der Waals surface area contributed by atoms with E-state index in [-0.39, 0.29) is 23.7 Å². The first-order valence-electron chi connectivity index (χ1n) is 17.2. The topological polar surface area (TPSA) is 58.7 Å². The second-order valence-electron chi connectivity index (χ2n) is 12.9. The van der Waals surface area contributed by atoms with E-state index in [9.17, 15) is 0 Å². The zero-order valence-electron chi connectivity index (χ0n) is 29.1. The van der Waals surface area contributed by atoms with E-state index in [4.69, 9.17) is 27.5 Å². The van der Waals surface area contributed by atoms with Crippen molar-refractivity contribution in [2.45, 2.75) is 162 Å². The Morgan fingerprint density at radius 2 is 1.29 bits per heavy atom. The molecule has 6 nitrogen and oxygen atoms in total. The van der Waals surface area contributed by atoms with Crippen LogP contribution in [0.5, 0.6) is 0 Å². The summed E-state index contributed by atoms with van der Waals surface area (Å²) in [6.45, 7) is 19.7. The fraction of sp³-hybridized carbons (Fsp3) is 1.00. The molecule has 0 aromatic rings. The van der Waals surface area contributed by atoms with Crippen LogP contribution in [0, 0.1) is 23.7 Å². The van der Waals surface area contributed by atoms with Gasteiger partial charge in [0.2, 0.25) is 0 Å². The molecule has 0 N–H and O–H groups in total. The highest BCUT2D eigenvalue weighted by atomic mass is 28.4. The summed E-state index contributed by atoms with van der Waals surface area (Å²) in [4.78, 5) is 0. The molecule has 1 aliphatic heterocycles. The van der Waals surface area contributed by atoms with Gasteiger partial charge in [-0.2, -0.15) is 0 Å². The zero-order chi connectivity index (χ0) is 30.9. The Kier molecular flexibility index (Phi) is 19.8. The van der Waals surface area contributed by atoms with Crippen LogP contribution >= 0.6 is 0 Å². The summed E-state index contributed by atoms with van der Waals surface area (Å²) < 4.78 is 37.7. The summed E-state index contributed by atoms with van der Waals surface area (Å²) in [7, 11) is 2.19. The van der Waals surface area contributed by atoms with Crippen molar-refractivity contribution in [1.29, 1.82) is 0 Å². The van der Waals surface area contributed by atoms with Crippen LogP contribution in [-0.4, -0.2) is 61.3 Å². The molecule has 0 saturated carbocycles. The van der Waals surface area contributed by atoms with Gasteiger partial charge in [-0.25, -0.2) is 0 Å². The zero-order valence-corrected chi connectivity index (χ0v) is 30.1. The Bertz CT molecular complexity index is 634. The SMILES string of the molecule is CCCCCC(CC)C(C)C(CCCCC)C(C)OC(C)(OCC1CO1)C(CCCCC)C(C)[Si](OC)(OC)OC. The maximum atomic E-state index is 7.27. The largest absolute Gasteiger partial charge is 0.503 e. The standard InChI is InChI=1S/C34H70O6Si/c1-12-16-19-22-30(15-4)27(5)32(23-20-17-13-2)28(6)40-34(8,39-26-31-25-38-31)33(24-21-18-14-3)29(7)41(35-9,36-10)37-11/h27-33H,12-26H2,1-11H3. The van der Waals surface area contributed by atoms with E-state index in [1.54, 1.807) is 21.3 Å². The lowest BCUT2D eigenvalue weighted by Crippen LogP contribution is -2.56. The number of rotatable bonds is 27. The number of hydrogen-bond donors (Lipinski definition) is 0. The van der Waals surface area contributed by atoms with Gasteiger partial charge in [-0.05, 0) is 44.4 Å². The van der Waals surface area contributed by atoms with Crippen molar-refractivity contribution in [3.05, 3.63) is 0 Å². The highest BCUT2D eigenvalue weighted by Gasteiger charge is 2.55. The first-order valence-corrected chi connectivity index (χ1v) is 19.0. The minimum absolute atomic E-state index is 0.00470. The minimum Gasteiger partial charge on any atom is -0.377 e. The normalized spacial score (nSPS) is 21.6. The van der Waals surface area contributed by atoms with Gasteiger partial charge in [-0.1, -0.05) is 112 Å². The van der Waals surface area contributed by atoms with E-state index >= 15 is 0 Å². The summed E-state index contributed by atoms with van der Waals surface area (Å²) >= 11 is 0. The van der Waals surface area contributed by atoms with Crippen molar-refractivity contribution < 1.29 is 27.5 Å². The maximum absolute atomic E-state index is 7.27. The summed E-state index contributed by atoms with van der Waals surface area (Å²) in [6, 6.07) is 0. The lowest BCUT2D eigenvalue weighted by molar-refractivity contribution is -0.288. The van der Waals surface area contributed by atoms with Gasteiger partial charge in [0, 0.05) is 32.8 Å². The molecule has 1 rings (SSSR count). The molecule has 0 aromatic carbocycles. The number of unbranched alkanes of at least 4 members (excludes halogenated alkanes) is 6. The van der Waals surface area contributed by atoms with Gasteiger partial charge in [0.15, 0.2) is 5.79 Å². The first-order chi connectivity index (χ1) is 19.6. The monoisotopic (exact) mass is 602 g/mol. The molecular weight excluding hydrogens is 532 g/mol. The third-order valence-electron chi connectivity index (χ3n) is 10.1. The van der Waals surface area contributed by atoms with Crippen molar-refractivity contribution >= 4 is 8.80 Å². The van der Waals surface area contributed by atoms with Gasteiger partial charge in [-0.15, -0.1) is 0 Å². The molecule has 7 heteroatoms. The molecule has 0 spiro atoms. The molecule has 0 aromatic heterocycles. The maximum Gasteiger partial charge on any atom is 0.503 e. The second-order valence-corrected chi connectivity index (χ2v) is 16.2. The van der Waals surface area contributed by atoms with Crippen LogP contribution < -0.4 is 0 Å². The highest BCUT2D eigenvalue weighted by molar-refractivity contribution is 6.62. The highest BCUT2D eigenvalue weighted by Crippen LogP contribution is 2.45. The average molecular weight is 603 g/mol. The van der Waals surface area contributed by atoms with Crippen LogP contribution in [0.25, 0.3) is 0 Å². The molecule has 41 heavy (non-hydrogen) atoms. The molecule has 1 aliphatic rings. The van der Waals surface area contributed by atoms with Crippen molar-refractivity contribution in [3.8, 4) is 0 Å². The molecule has 8 unspecified atom stereocenters. The van der Waals surface area contributed by atoms with Gasteiger partial charge in [0.25, 0.3) is 0 Å². The lowest BCUT2D eigenvalue weighted by atomic mass is 9.74. The molecule has 246 valence electrons. The van der Waals surface area contributed by atoms with E-state index in [0.29, 0.717) is 18.4 Å². The number of ether oxygens (including phenoxy) is 3. The van der Waals surface area contributed by atoms with Gasteiger partial charge in [0.05, 0.1) is 19.3 Å². The Balaban J connectivity index is 3.40. The predicted octanol–water partition coefficient (Wildman–Crippen LogP) is 9.43. The van der Waals surface area contributed by atoms with Crippen LogP contribution in [0.15, 0.2) is 0 Å². The van der Waals surface area contributed by atoms with Crippen LogP contribution in [0.2, 0.25) is 5.54 Å². The van der Waals surface area contributed by atoms with Gasteiger partial charge in [-0.3, -0.25) is 0 Å². The molecule has 8 atom stereocenters. The van der Waals surface area contributed by atoms with Crippen LogP contribution in [-0.2, 0) is 27.5 Å². The minimum atomic E-state index is -2.95. The molecule has 0 amide bonds.